The second-order valence-corrected chi connectivity index (χ2v) is 3.57. The highest BCUT2D eigenvalue weighted by Crippen LogP contribution is 2.04. The fourth-order valence-corrected chi connectivity index (χ4v) is 1.37. The molecule has 0 aromatic rings. The van der Waals surface area contributed by atoms with Gasteiger partial charge in [-0.15, -0.1) is 0 Å². The van der Waals surface area contributed by atoms with Gasteiger partial charge in [-0.3, -0.25) is 19.7 Å². The molecule has 2 atom stereocenters. The Labute approximate surface area is 92.7 Å². The number of rotatable bonds is 4. The van der Waals surface area contributed by atoms with E-state index >= 15 is 0 Å². The van der Waals surface area contributed by atoms with Crippen LogP contribution < -0.4 is 16.4 Å². The second-order valence-electron chi connectivity index (χ2n) is 3.57. The van der Waals surface area contributed by atoms with Crippen LogP contribution in [0.4, 0.5) is 0 Å². The molecule has 0 aromatic carbocycles. The smallest absolute Gasteiger partial charge is 0.249 e. The first kappa shape index (κ1) is 12.6. The quantitative estimate of drug-likeness (QED) is 0.477. The van der Waals surface area contributed by atoms with Crippen molar-refractivity contribution in [3.05, 3.63) is 0 Å². The predicted molar refractivity (Wildman–Crippen MR) is 54.2 cm³/mol. The van der Waals surface area contributed by atoms with Crippen LogP contribution in [0, 0.1) is 0 Å². The Morgan fingerprint density at radius 2 is 2.38 bits per heavy atom. The summed E-state index contributed by atoms with van der Waals surface area (Å²) in [5, 5.41) is 4.61. The monoisotopic (exact) mass is 229 g/mol. The number of hydrogen-bond acceptors (Lipinski definition) is 5. The van der Waals surface area contributed by atoms with E-state index in [2.05, 4.69) is 10.6 Å². The summed E-state index contributed by atoms with van der Waals surface area (Å²) in [6.45, 7) is 0.0824. The van der Waals surface area contributed by atoms with Crippen molar-refractivity contribution in [3.8, 4) is 0 Å². The van der Waals surface area contributed by atoms with Crippen LogP contribution in [0.2, 0.25) is 0 Å². The first-order valence-electron chi connectivity index (χ1n) is 4.93. The Bertz CT molecular complexity index is 305. The van der Waals surface area contributed by atoms with Crippen LogP contribution in [0.1, 0.15) is 12.8 Å². The Hall–Kier alpha value is -1.47. The topological polar surface area (TPSA) is 111 Å². The van der Waals surface area contributed by atoms with Crippen LogP contribution in [0.25, 0.3) is 0 Å². The summed E-state index contributed by atoms with van der Waals surface area (Å²) in [6.07, 6.45) is 0.520. The van der Waals surface area contributed by atoms with Gasteiger partial charge in [0.15, 0.2) is 0 Å². The normalized spacial score (nSPS) is 22.5. The van der Waals surface area contributed by atoms with Crippen LogP contribution in [0.5, 0.6) is 0 Å². The number of ether oxygens (including phenoxy) is 1. The minimum atomic E-state index is -0.810. The highest BCUT2D eigenvalue weighted by atomic mass is 16.5. The molecule has 1 saturated heterocycles. The number of imide groups is 1. The van der Waals surface area contributed by atoms with E-state index in [4.69, 9.17) is 10.5 Å². The zero-order chi connectivity index (χ0) is 12.1. The maximum absolute atomic E-state index is 11.4. The molecular weight excluding hydrogens is 214 g/mol. The maximum atomic E-state index is 11.4. The number of hydrogen-bond donors (Lipinski definition) is 3. The van der Waals surface area contributed by atoms with E-state index in [9.17, 15) is 14.4 Å². The summed E-state index contributed by atoms with van der Waals surface area (Å²) < 4.78 is 4.72. The van der Waals surface area contributed by atoms with E-state index < -0.39 is 23.9 Å². The molecular formula is C9H15N3O4. The van der Waals surface area contributed by atoms with Crippen LogP contribution in [-0.2, 0) is 19.1 Å². The third-order valence-electron chi connectivity index (χ3n) is 2.24. The summed E-state index contributed by atoms with van der Waals surface area (Å²) in [4.78, 5) is 33.6. The number of carbonyl (C=O) groups is 3. The van der Waals surface area contributed by atoms with Crippen molar-refractivity contribution in [1.82, 2.24) is 10.6 Å². The van der Waals surface area contributed by atoms with Gasteiger partial charge in [-0.1, -0.05) is 0 Å². The van der Waals surface area contributed by atoms with Crippen molar-refractivity contribution in [1.29, 1.82) is 0 Å². The molecule has 1 rings (SSSR count). The van der Waals surface area contributed by atoms with E-state index in [-0.39, 0.29) is 18.9 Å². The number of nitrogens with one attached hydrogen (secondary N) is 2. The van der Waals surface area contributed by atoms with Crippen molar-refractivity contribution in [3.63, 3.8) is 0 Å². The zero-order valence-electron chi connectivity index (χ0n) is 8.99. The number of carbonyl (C=O) groups excluding carboxylic acids is 3. The first-order valence-corrected chi connectivity index (χ1v) is 4.93. The van der Waals surface area contributed by atoms with Gasteiger partial charge >= 0.3 is 0 Å². The standard InChI is InChI=1S/C9H15N3O4/c1-16-4-5(10)8(14)11-6-2-3-7(13)12-9(6)15/h5-6H,2-4,10H2,1H3,(H,11,14)(H,12,13,15). The van der Waals surface area contributed by atoms with Gasteiger partial charge in [0.1, 0.15) is 12.1 Å². The molecule has 1 aliphatic heterocycles. The molecule has 7 nitrogen and oxygen atoms in total. The lowest BCUT2D eigenvalue weighted by Gasteiger charge is -2.23. The average Bonchev–Trinajstić information content (AvgIpc) is 2.22. The lowest BCUT2D eigenvalue weighted by Crippen LogP contribution is -2.56. The summed E-state index contributed by atoms with van der Waals surface area (Å²) in [6, 6.07) is -1.50. The molecule has 3 amide bonds. The molecule has 0 aromatic heterocycles. The molecule has 16 heavy (non-hydrogen) atoms. The highest BCUT2D eigenvalue weighted by molar-refractivity contribution is 6.01. The van der Waals surface area contributed by atoms with Crippen LogP contribution in [-0.4, -0.2) is 43.5 Å². The Kier molecular flexibility index (Phi) is 4.39. The second kappa shape index (κ2) is 5.57. The fraction of sp³-hybridized carbons (Fsp3) is 0.667. The molecule has 0 saturated carbocycles. The van der Waals surface area contributed by atoms with E-state index in [1.165, 1.54) is 7.11 Å². The number of amides is 3. The Balaban J connectivity index is 2.45. The van der Waals surface area contributed by atoms with Gasteiger partial charge in [0, 0.05) is 13.5 Å². The molecule has 1 heterocycles. The van der Waals surface area contributed by atoms with Gasteiger partial charge in [-0.2, -0.15) is 0 Å². The third-order valence-corrected chi connectivity index (χ3v) is 2.24. The van der Waals surface area contributed by atoms with Gasteiger partial charge in [-0.25, -0.2) is 0 Å². The molecule has 0 radical (unpaired) electrons. The van der Waals surface area contributed by atoms with Gasteiger partial charge in [0.05, 0.1) is 6.61 Å². The summed E-state index contributed by atoms with van der Waals surface area (Å²) in [7, 11) is 1.43. The lowest BCUT2D eigenvalue weighted by atomic mass is 10.1. The van der Waals surface area contributed by atoms with Crippen LogP contribution in [0.15, 0.2) is 0 Å². The SMILES string of the molecule is COCC(N)C(=O)NC1CCC(=O)NC1=O. The van der Waals surface area contributed by atoms with Gasteiger partial charge in [-0.05, 0) is 6.42 Å². The highest BCUT2D eigenvalue weighted by Gasteiger charge is 2.29. The van der Waals surface area contributed by atoms with Gasteiger partial charge in [0.2, 0.25) is 17.7 Å². The number of nitrogens with two attached hydrogens (primary N) is 1. The van der Waals surface area contributed by atoms with Crippen molar-refractivity contribution in [2.45, 2.75) is 24.9 Å². The molecule has 2 unspecified atom stereocenters. The first-order chi connectivity index (χ1) is 7.54. The minimum absolute atomic E-state index is 0.0824. The molecule has 7 heteroatoms. The van der Waals surface area contributed by atoms with Gasteiger partial charge < -0.3 is 15.8 Å². The van der Waals surface area contributed by atoms with Crippen molar-refractivity contribution in [2.24, 2.45) is 5.73 Å². The third kappa shape index (κ3) is 3.28. The summed E-state index contributed by atoms with van der Waals surface area (Å²) >= 11 is 0. The summed E-state index contributed by atoms with van der Waals surface area (Å²) in [5.41, 5.74) is 5.48. The van der Waals surface area contributed by atoms with Crippen LogP contribution >= 0.6 is 0 Å². The van der Waals surface area contributed by atoms with E-state index in [0.29, 0.717) is 6.42 Å². The molecule has 1 aliphatic rings. The van der Waals surface area contributed by atoms with E-state index in [0.717, 1.165) is 0 Å². The maximum Gasteiger partial charge on any atom is 0.249 e. The number of piperidine rings is 1. The summed E-state index contributed by atoms with van der Waals surface area (Å²) in [5.74, 6) is -1.28. The van der Waals surface area contributed by atoms with E-state index in [1.807, 2.05) is 0 Å². The van der Waals surface area contributed by atoms with Crippen LogP contribution in [0.3, 0.4) is 0 Å². The molecule has 0 bridgehead atoms. The zero-order valence-corrected chi connectivity index (χ0v) is 8.99. The molecule has 1 fully saturated rings. The van der Waals surface area contributed by atoms with E-state index in [1.54, 1.807) is 0 Å². The Morgan fingerprint density at radius 3 is 2.94 bits per heavy atom. The Morgan fingerprint density at radius 1 is 1.69 bits per heavy atom. The van der Waals surface area contributed by atoms with Crippen molar-refractivity contribution in [2.75, 3.05) is 13.7 Å². The van der Waals surface area contributed by atoms with Gasteiger partial charge in [0.25, 0.3) is 0 Å². The van der Waals surface area contributed by atoms with Crippen molar-refractivity contribution < 1.29 is 19.1 Å². The average molecular weight is 229 g/mol. The predicted octanol–water partition coefficient (Wildman–Crippen LogP) is -2.12. The molecule has 0 spiro atoms. The molecule has 90 valence electrons. The fourth-order valence-electron chi connectivity index (χ4n) is 1.37. The van der Waals surface area contributed by atoms with Crippen molar-refractivity contribution >= 4 is 17.7 Å². The minimum Gasteiger partial charge on any atom is -0.383 e. The largest absolute Gasteiger partial charge is 0.383 e. The molecule has 4 N–H and O–H groups in total. The molecule has 0 aliphatic carbocycles. The lowest BCUT2D eigenvalue weighted by molar-refractivity contribution is -0.137. The number of methoxy groups -OCH3 is 1.